The second-order valence-corrected chi connectivity index (χ2v) is 3.31. The van der Waals surface area contributed by atoms with E-state index in [1.165, 1.54) is 6.08 Å². The summed E-state index contributed by atoms with van der Waals surface area (Å²) in [5, 5.41) is 17.1. The van der Waals surface area contributed by atoms with Crippen LogP contribution in [0.4, 0.5) is 0 Å². The van der Waals surface area contributed by atoms with Crippen molar-refractivity contribution in [3.05, 3.63) is 11.6 Å². The van der Waals surface area contributed by atoms with Crippen molar-refractivity contribution in [3.63, 3.8) is 0 Å². The highest BCUT2D eigenvalue weighted by atomic mass is 16.4. The van der Waals surface area contributed by atoms with E-state index in [9.17, 15) is 9.59 Å². The summed E-state index contributed by atoms with van der Waals surface area (Å²) in [5.74, 6) is -2.75. The Balaban J connectivity index is 4.41. The first-order valence-electron chi connectivity index (χ1n) is 4.67. The molecular formula is C10H16O4. The van der Waals surface area contributed by atoms with E-state index in [4.69, 9.17) is 10.2 Å². The van der Waals surface area contributed by atoms with Crippen LogP contribution in [0.15, 0.2) is 11.6 Å². The third-order valence-electron chi connectivity index (χ3n) is 1.93. The maximum absolute atomic E-state index is 10.5. The molecule has 0 amide bonds. The molecule has 0 rings (SSSR count). The van der Waals surface area contributed by atoms with Gasteiger partial charge in [-0.25, -0.2) is 9.59 Å². The van der Waals surface area contributed by atoms with Gasteiger partial charge in [-0.05, 0) is 12.3 Å². The summed E-state index contributed by atoms with van der Waals surface area (Å²) >= 11 is 0. The van der Waals surface area contributed by atoms with Crippen molar-refractivity contribution in [2.24, 2.45) is 5.92 Å². The SMILES string of the molecule is CCCCC(C)C=C(C(=O)O)C(=O)O. The first-order chi connectivity index (χ1) is 6.49. The van der Waals surface area contributed by atoms with E-state index in [2.05, 4.69) is 0 Å². The minimum atomic E-state index is -1.37. The summed E-state index contributed by atoms with van der Waals surface area (Å²) in [4.78, 5) is 21.0. The number of hydrogen-bond acceptors (Lipinski definition) is 2. The van der Waals surface area contributed by atoms with Gasteiger partial charge in [-0.15, -0.1) is 0 Å². The second kappa shape index (κ2) is 6.18. The molecule has 80 valence electrons. The van der Waals surface area contributed by atoms with E-state index in [1.807, 2.05) is 13.8 Å². The minimum Gasteiger partial charge on any atom is -0.477 e. The predicted octanol–water partition coefficient (Wildman–Crippen LogP) is 1.91. The summed E-state index contributed by atoms with van der Waals surface area (Å²) < 4.78 is 0. The Hall–Kier alpha value is -1.32. The van der Waals surface area contributed by atoms with Gasteiger partial charge in [0.15, 0.2) is 0 Å². The molecule has 4 heteroatoms. The van der Waals surface area contributed by atoms with Gasteiger partial charge in [0.2, 0.25) is 0 Å². The van der Waals surface area contributed by atoms with Crippen molar-refractivity contribution in [2.75, 3.05) is 0 Å². The molecule has 0 aliphatic carbocycles. The number of carboxylic acid groups (broad SMARTS) is 2. The second-order valence-electron chi connectivity index (χ2n) is 3.31. The van der Waals surface area contributed by atoms with Gasteiger partial charge in [0.25, 0.3) is 0 Å². The largest absolute Gasteiger partial charge is 0.477 e. The van der Waals surface area contributed by atoms with E-state index in [0.29, 0.717) is 0 Å². The molecule has 0 spiro atoms. The third kappa shape index (κ3) is 4.64. The van der Waals surface area contributed by atoms with Crippen LogP contribution in [-0.2, 0) is 9.59 Å². The van der Waals surface area contributed by atoms with Gasteiger partial charge in [-0.3, -0.25) is 0 Å². The number of carboxylic acids is 2. The lowest BCUT2D eigenvalue weighted by atomic mass is 10.0. The van der Waals surface area contributed by atoms with E-state index < -0.39 is 17.5 Å². The van der Waals surface area contributed by atoms with Gasteiger partial charge in [-0.1, -0.05) is 32.8 Å². The predicted molar refractivity (Wildman–Crippen MR) is 52.0 cm³/mol. The molecule has 0 aliphatic rings. The highest BCUT2D eigenvalue weighted by Crippen LogP contribution is 2.11. The standard InChI is InChI=1S/C10H16O4/c1-3-4-5-7(2)6-8(9(11)12)10(13)14/h6-7H,3-5H2,1-2H3,(H,11,12)(H,13,14). The lowest BCUT2D eigenvalue weighted by Gasteiger charge is -2.05. The molecule has 4 nitrogen and oxygen atoms in total. The number of rotatable bonds is 6. The monoisotopic (exact) mass is 200 g/mol. The van der Waals surface area contributed by atoms with Crippen LogP contribution in [0.25, 0.3) is 0 Å². The summed E-state index contributed by atoms with van der Waals surface area (Å²) in [6, 6.07) is 0. The molecule has 0 radical (unpaired) electrons. The zero-order chi connectivity index (χ0) is 11.1. The van der Waals surface area contributed by atoms with Gasteiger partial charge in [0, 0.05) is 0 Å². The third-order valence-corrected chi connectivity index (χ3v) is 1.93. The lowest BCUT2D eigenvalue weighted by Crippen LogP contribution is -2.12. The maximum Gasteiger partial charge on any atom is 0.342 e. The Morgan fingerprint density at radius 3 is 2.14 bits per heavy atom. The molecule has 0 aromatic carbocycles. The number of unbranched alkanes of at least 4 members (excludes halogenated alkanes) is 1. The number of allylic oxidation sites excluding steroid dienone is 1. The molecule has 0 bridgehead atoms. The van der Waals surface area contributed by atoms with E-state index >= 15 is 0 Å². The van der Waals surface area contributed by atoms with Crippen molar-refractivity contribution in [2.45, 2.75) is 33.1 Å². The van der Waals surface area contributed by atoms with Gasteiger partial charge in [-0.2, -0.15) is 0 Å². The summed E-state index contributed by atoms with van der Waals surface area (Å²) in [7, 11) is 0. The van der Waals surface area contributed by atoms with Crippen LogP contribution in [-0.4, -0.2) is 22.2 Å². The van der Waals surface area contributed by atoms with Crippen LogP contribution in [0, 0.1) is 5.92 Å². The minimum absolute atomic E-state index is 0.00264. The van der Waals surface area contributed by atoms with Crippen molar-refractivity contribution >= 4 is 11.9 Å². The number of aliphatic carboxylic acids is 2. The maximum atomic E-state index is 10.5. The van der Waals surface area contributed by atoms with Gasteiger partial charge in [0.05, 0.1) is 0 Å². The first kappa shape index (κ1) is 12.7. The van der Waals surface area contributed by atoms with Gasteiger partial charge in [0.1, 0.15) is 5.57 Å². The molecule has 1 atom stereocenters. The molecule has 0 aromatic rings. The summed E-state index contributed by atoms with van der Waals surface area (Å²) in [5.41, 5.74) is -0.534. The molecule has 14 heavy (non-hydrogen) atoms. The quantitative estimate of drug-likeness (QED) is 0.390. The van der Waals surface area contributed by atoms with E-state index in [-0.39, 0.29) is 5.92 Å². The highest BCUT2D eigenvalue weighted by Gasteiger charge is 2.16. The highest BCUT2D eigenvalue weighted by molar-refractivity contribution is 6.12. The molecule has 0 saturated heterocycles. The fourth-order valence-corrected chi connectivity index (χ4v) is 1.13. The number of hydrogen-bond donors (Lipinski definition) is 2. The zero-order valence-corrected chi connectivity index (χ0v) is 8.49. The lowest BCUT2D eigenvalue weighted by molar-refractivity contribution is -0.140. The van der Waals surface area contributed by atoms with Crippen LogP contribution >= 0.6 is 0 Å². The fourth-order valence-electron chi connectivity index (χ4n) is 1.13. The fraction of sp³-hybridized carbons (Fsp3) is 0.600. The van der Waals surface area contributed by atoms with Crippen LogP contribution < -0.4 is 0 Å². The van der Waals surface area contributed by atoms with Crippen molar-refractivity contribution < 1.29 is 19.8 Å². The van der Waals surface area contributed by atoms with Crippen molar-refractivity contribution in [1.29, 1.82) is 0 Å². The molecule has 0 saturated carbocycles. The topological polar surface area (TPSA) is 74.6 Å². The van der Waals surface area contributed by atoms with Crippen molar-refractivity contribution in [1.82, 2.24) is 0 Å². The Kier molecular flexibility index (Phi) is 5.60. The molecule has 2 N–H and O–H groups in total. The average molecular weight is 200 g/mol. The molecule has 0 aromatic heterocycles. The first-order valence-corrected chi connectivity index (χ1v) is 4.67. The summed E-state index contributed by atoms with van der Waals surface area (Å²) in [6.07, 6.45) is 4.12. The van der Waals surface area contributed by atoms with Crippen LogP contribution in [0.3, 0.4) is 0 Å². The Bertz CT molecular complexity index is 227. The van der Waals surface area contributed by atoms with Crippen LogP contribution in [0.2, 0.25) is 0 Å². The Labute approximate surface area is 83.2 Å². The molecule has 0 aliphatic heterocycles. The molecule has 0 fully saturated rings. The van der Waals surface area contributed by atoms with E-state index in [0.717, 1.165) is 19.3 Å². The summed E-state index contributed by atoms with van der Waals surface area (Å²) in [6.45, 7) is 3.85. The number of carbonyl (C=O) groups is 2. The normalized spacial score (nSPS) is 11.9. The molecule has 1 unspecified atom stereocenters. The van der Waals surface area contributed by atoms with Gasteiger partial charge >= 0.3 is 11.9 Å². The Morgan fingerprint density at radius 1 is 1.29 bits per heavy atom. The van der Waals surface area contributed by atoms with E-state index in [1.54, 1.807) is 0 Å². The average Bonchev–Trinajstić information content (AvgIpc) is 2.09. The Morgan fingerprint density at radius 2 is 1.79 bits per heavy atom. The van der Waals surface area contributed by atoms with Crippen LogP contribution in [0.5, 0.6) is 0 Å². The molecular weight excluding hydrogens is 184 g/mol. The van der Waals surface area contributed by atoms with Crippen molar-refractivity contribution in [3.8, 4) is 0 Å². The smallest absolute Gasteiger partial charge is 0.342 e. The van der Waals surface area contributed by atoms with Gasteiger partial charge < -0.3 is 10.2 Å². The zero-order valence-electron chi connectivity index (χ0n) is 8.49. The van der Waals surface area contributed by atoms with Crippen LogP contribution in [0.1, 0.15) is 33.1 Å². The molecule has 0 heterocycles.